The van der Waals surface area contributed by atoms with Crippen LogP contribution in [0.15, 0.2) is 24.4 Å². The minimum Gasteiger partial charge on any atom is -0.407 e. The molecule has 0 N–H and O–H groups in total. The molecule has 2 rings (SSSR count). The first-order valence-electron chi connectivity index (χ1n) is 4.14. The third kappa shape index (κ3) is 1.47. The molecule has 4 heteroatoms. The van der Waals surface area contributed by atoms with E-state index in [1.54, 1.807) is 19.3 Å². The zero-order valence-electron chi connectivity index (χ0n) is 7.30. The van der Waals surface area contributed by atoms with Gasteiger partial charge in [0.2, 0.25) is 5.88 Å². The number of hydrogen-bond acceptors (Lipinski definition) is 3. The normalized spacial score (nSPS) is 19.6. The van der Waals surface area contributed by atoms with E-state index in [2.05, 4.69) is 5.10 Å². The van der Waals surface area contributed by atoms with E-state index in [-0.39, 0.29) is 11.9 Å². The van der Waals surface area contributed by atoms with Crippen LogP contribution in [0.5, 0.6) is 5.88 Å². The van der Waals surface area contributed by atoms with Crippen LogP contribution in [0.1, 0.15) is 6.42 Å². The van der Waals surface area contributed by atoms with Gasteiger partial charge in [0.1, 0.15) is 0 Å². The van der Waals surface area contributed by atoms with Crippen LogP contribution in [0.4, 0.5) is 0 Å². The van der Waals surface area contributed by atoms with Crippen molar-refractivity contribution in [3.63, 3.8) is 0 Å². The Morgan fingerprint density at radius 3 is 3.00 bits per heavy atom. The highest BCUT2D eigenvalue weighted by molar-refractivity contribution is 5.78. The summed E-state index contributed by atoms with van der Waals surface area (Å²) in [6.45, 7) is 0. The quantitative estimate of drug-likeness (QED) is 0.499. The lowest BCUT2D eigenvalue weighted by Gasteiger charge is -2.15. The Hall–Kier alpha value is -1.58. The number of carbonyl (C=O) groups is 1. The highest BCUT2D eigenvalue weighted by Crippen LogP contribution is 2.19. The molecule has 68 valence electrons. The molecule has 0 aliphatic heterocycles. The fraction of sp³-hybridized carbons (Fsp3) is 0.333. The number of ether oxygens (including phenoxy) is 1. The molecule has 0 saturated heterocycles. The molecule has 1 heterocycles. The first kappa shape index (κ1) is 8.04. The Morgan fingerprint density at radius 1 is 1.77 bits per heavy atom. The van der Waals surface area contributed by atoms with Crippen LogP contribution in [-0.2, 0) is 11.8 Å². The third-order valence-electron chi connectivity index (χ3n) is 2.04. The molecule has 0 spiro atoms. The minimum absolute atomic E-state index is 0.0603. The van der Waals surface area contributed by atoms with Crippen molar-refractivity contribution in [2.24, 2.45) is 13.0 Å². The monoisotopic (exact) mass is 178 g/mol. The summed E-state index contributed by atoms with van der Waals surface area (Å²) in [7, 11) is 1.74. The molecule has 13 heavy (non-hydrogen) atoms. The van der Waals surface area contributed by atoms with Gasteiger partial charge < -0.3 is 4.74 Å². The van der Waals surface area contributed by atoms with Crippen molar-refractivity contribution < 1.29 is 9.53 Å². The predicted molar refractivity (Wildman–Crippen MR) is 46.1 cm³/mol. The van der Waals surface area contributed by atoms with Gasteiger partial charge >= 0.3 is 5.97 Å². The SMILES string of the molecule is Cn1nccc1OC(=O)C1C=CC1. The lowest BCUT2D eigenvalue weighted by Crippen LogP contribution is -2.22. The lowest BCUT2D eigenvalue weighted by molar-refractivity contribution is -0.138. The van der Waals surface area contributed by atoms with Gasteiger partial charge in [-0.1, -0.05) is 12.2 Å². The van der Waals surface area contributed by atoms with Gasteiger partial charge in [0, 0.05) is 13.1 Å². The van der Waals surface area contributed by atoms with E-state index in [1.165, 1.54) is 4.68 Å². The van der Waals surface area contributed by atoms with Gasteiger partial charge in [-0.05, 0) is 6.42 Å². The Kier molecular flexibility index (Phi) is 1.88. The summed E-state index contributed by atoms with van der Waals surface area (Å²) in [6.07, 6.45) is 6.18. The molecule has 0 saturated carbocycles. The molecule has 1 aliphatic rings. The molecule has 0 amide bonds. The number of hydrogen-bond donors (Lipinski definition) is 0. The summed E-state index contributed by atoms with van der Waals surface area (Å²) < 4.78 is 6.63. The predicted octanol–water partition coefficient (Wildman–Crippen LogP) is 0.902. The molecule has 0 fully saturated rings. The summed E-state index contributed by atoms with van der Waals surface area (Å²) in [5.74, 6) is 0.228. The maximum Gasteiger partial charge on any atom is 0.319 e. The standard InChI is InChI=1S/C9H10N2O2/c1-11-8(5-6-10-11)13-9(12)7-3-2-4-7/h2-3,5-7H,4H2,1H3. The van der Waals surface area contributed by atoms with E-state index >= 15 is 0 Å². The minimum atomic E-state index is -0.203. The van der Waals surface area contributed by atoms with E-state index in [0.717, 1.165) is 6.42 Å². The second-order valence-electron chi connectivity index (χ2n) is 2.98. The zero-order chi connectivity index (χ0) is 9.26. The molecule has 1 aromatic heterocycles. The Labute approximate surface area is 75.8 Å². The van der Waals surface area contributed by atoms with Crippen LogP contribution in [0.3, 0.4) is 0 Å². The summed E-state index contributed by atoms with van der Waals surface area (Å²) in [4.78, 5) is 11.3. The smallest absolute Gasteiger partial charge is 0.319 e. The van der Waals surface area contributed by atoms with E-state index in [0.29, 0.717) is 5.88 Å². The average molecular weight is 178 g/mol. The van der Waals surface area contributed by atoms with Gasteiger partial charge in [-0.2, -0.15) is 5.10 Å². The van der Waals surface area contributed by atoms with Crippen molar-refractivity contribution in [3.05, 3.63) is 24.4 Å². The third-order valence-corrected chi connectivity index (χ3v) is 2.04. The molecule has 0 aromatic carbocycles. The molecule has 0 radical (unpaired) electrons. The van der Waals surface area contributed by atoms with E-state index in [4.69, 9.17) is 4.74 Å². The largest absolute Gasteiger partial charge is 0.407 e. The Balaban J connectivity index is 2.02. The Morgan fingerprint density at radius 2 is 2.54 bits per heavy atom. The number of rotatable bonds is 2. The van der Waals surface area contributed by atoms with Crippen molar-refractivity contribution in [1.82, 2.24) is 9.78 Å². The van der Waals surface area contributed by atoms with Crippen molar-refractivity contribution in [2.75, 3.05) is 0 Å². The van der Waals surface area contributed by atoms with Gasteiger partial charge in [0.25, 0.3) is 0 Å². The second-order valence-corrected chi connectivity index (χ2v) is 2.98. The summed E-state index contributed by atoms with van der Waals surface area (Å²) in [5.41, 5.74) is 0. The lowest BCUT2D eigenvalue weighted by atomic mass is 9.96. The highest BCUT2D eigenvalue weighted by Gasteiger charge is 2.22. The zero-order valence-corrected chi connectivity index (χ0v) is 7.30. The average Bonchev–Trinajstić information content (AvgIpc) is 2.32. The summed E-state index contributed by atoms with van der Waals surface area (Å²) in [6, 6.07) is 1.67. The number of allylic oxidation sites excluding steroid dienone is 1. The Bertz CT molecular complexity index is 354. The van der Waals surface area contributed by atoms with E-state index < -0.39 is 0 Å². The van der Waals surface area contributed by atoms with Gasteiger partial charge in [-0.15, -0.1) is 0 Å². The van der Waals surface area contributed by atoms with Crippen LogP contribution in [-0.4, -0.2) is 15.7 Å². The van der Waals surface area contributed by atoms with Crippen molar-refractivity contribution in [3.8, 4) is 5.88 Å². The van der Waals surface area contributed by atoms with Crippen molar-refractivity contribution >= 4 is 5.97 Å². The summed E-state index contributed by atoms with van der Waals surface area (Å²) >= 11 is 0. The molecular formula is C9H10N2O2. The first-order valence-corrected chi connectivity index (χ1v) is 4.14. The number of esters is 1. The van der Waals surface area contributed by atoms with Crippen LogP contribution >= 0.6 is 0 Å². The van der Waals surface area contributed by atoms with Gasteiger partial charge in [-0.3, -0.25) is 4.79 Å². The van der Waals surface area contributed by atoms with Crippen LogP contribution in [0.25, 0.3) is 0 Å². The topological polar surface area (TPSA) is 44.1 Å². The molecule has 4 nitrogen and oxygen atoms in total. The molecule has 1 unspecified atom stereocenters. The number of nitrogens with zero attached hydrogens (tertiary/aromatic N) is 2. The van der Waals surface area contributed by atoms with Gasteiger partial charge in [0.15, 0.2) is 0 Å². The second kappa shape index (κ2) is 3.05. The van der Waals surface area contributed by atoms with Gasteiger partial charge in [-0.25, -0.2) is 4.68 Å². The number of aryl methyl sites for hydroxylation is 1. The van der Waals surface area contributed by atoms with Crippen molar-refractivity contribution in [2.45, 2.75) is 6.42 Å². The highest BCUT2D eigenvalue weighted by atomic mass is 16.5. The molecule has 0 bridgehead atoms. The molecule has 1 aliphatic carbocycles. The number of aromatic nitrogens is 2. The first-order chi connectivity index (χ1) is 6.27. The molecule has 1 aromatic rings. The van der Waals surface area contributed by atoms with E-state index in [9.17, 15) is 4.79 Å². The fourth-order valence-corrected chi connectivity index (χ4v) is 1.09. The van der Waals surface area contributed by atoms with Crippen molar-refractivity contribution in [1.29, 1.82) is 0 Å². The van der Waals surface area contributed by atoms with E-state index in [1.807, 2.05) is 12.2 Å². The van der Waals surface area contributed by atoms with Crippen LogP contribution in [0.2, 0.25) is 0 Å². The maximum absolute atomic E-state index is 11.3. The van der Waals surface area contributed by atoms with Crippen LogP contribution < -0.4 is 4.74 Å². The maximum atomic E-state index is 11.3. The fourth-order valence-electron chi connectivity index (χ4n) is 1.09. The number of carbonyl (C=O) groups excluding carboxylic acids is 1. The molecule has 1 atom stereocenters. The molecular weight excluding hydrogens is 168 g/mol. The summed E-state index contributed by atoms with van der Waals surface area (Å²) in [5, 5.41) is 3.89. The van der Waals surface area contributed by atoms with Crippen LogP contribution in [0, 0.1) is 5.92 Å². The van der Waals surface area contributed by atoms with Gasteiger partial charge in [0.05, 0.1) is 12.1 Å².